The van der Waals surface area contributed by atoms with E-state index < -0.39 is 11.2 Å². The van der Waals surface area contributed by atoms with Crippen LogP contribution in [0.2, 0.25) is 5.02 Å². The molecule has 4 rings (SSSR count). The van der Waals surface area contributed by atoms with E-state index in [1.165, 1.54) is 11.6 Å². The molecule has 2 aromatic heterocycles. The molecule has 0 unspecified atom stereocenters. The highest BCUT2D eigenvalue weighted by Gasteiger charge is 2.18. The molecule has 4 aromatic rings. The van der Waals surface area contributed by atoms with Gasteiger partial charge in [-0.05, 0) is 41.5 Å². The Bertz CT molecular complexity index is 1390. The molecule has 31 heavy (non-hydrogen) atoms. The second-order valence-electron chi connectivity index (χ2n) is 6.75. The second kappa shape index (κ2) is 8.49. The molecule has 9 nitrogen and oxygen atoms in total. The minimum atomic E-state index is -0.548. The number of H-pyrrole nitrogens is 1. The van der Waals surface area contributed by atoms with Gasteiger partial charge in [0.05, 0.1) is 19.9 Å². The Hall–Kier alpha value is -3.85. The van der Waals surface area contributed by atoms with Crippen LogP contribution >= 0.6 is 11.6 Å². The van der Waals surface area contributed by atoms with E-state index in [0.717, 1.165) is 16.9 Å². The molecule has 0 fully saturated rings. The molecular formula is C21H19ClN6O3. The summed E-state index contributed by atoms with van der Waals surface area (Å²) in [5.41, 5.74) is 3.90. The highest BCUT2D eigenvalue weighted by Crippen LogP contribution is 2.22. The molecule has 0 aliphatic heterocycles. The molecule has 0 aliphatic rings. The fraction of sp³-hybridized carbons (Fsp3) is 0.143. The Morgan fingerprint density at radius 3 is 2.65 bits per heavy atom. The largest absolute Gasteiger partial charge is 0.497 e. The predicted molar refractivity (Wildman–Crippen MR) is 120 cm³/mol. The number of rotatable bonds is 6. The lowest BCUT2D eigenvalue weighted by atomic mass is 10.2. The van der Waals surface area contributed by atoms with Crippen LogP contribution in [-0.4, -0.2) is 32.4 Å². The average molecular weight is 439 g/mol. The molecule has 0 atom stereocenters. The van der Waals surface area contributed by atoms with Crippen LogP contribution in [0.15, 0.2) is 63.2 Å². The number of anilines is 1. The number of hydrogen-bond donors (Lipinski definition) is 2. The Morgan fingerprint density at radius 2 is 1.94 bits per heavy atom. The minimum absolute atomic E-state index is 0.239. The van der Waals surface area contributed by atoms with Gasteiger partial charge in [0.1, 0.15) is 5.75 Å². The van der Waals surface area contributed by atoms with Crippen molar-refractivity contribution in [2.24, 2.45) is 12.1 Å². The van der Waals surface area contributed by atoms with Gasteiger partial charge < -0.3 is 4.74 Å². The molecule has 0 spiro atoms. The van der Waals surface area contributed by atoms with Crippen molar-refractivity contribution >= 4 is 34.9 Å². The summed E-state index contributed by atoms with van der Waals surface area (Å²) in [6.07, 6.45) is 1.61. The number of ether oxygens (including phenoxy) is 1. The fourth-order valence-electron chi connectivity index (χ4n) is 3.13. The SMILES string of the molecule is COc1ccc(C=NNc2nc3c(c(=O)[nH]c(=O)n3C)n2Cc2ccccc2Cl)cc1. The zero-order valence-electron chi connectivity index (χ0n) is 16.8. The summed E-state index contributed by atoms with van der Waals surface area (Å²) < 4.78 is 8.06. The zero-order chi connectivity index (χ0) is 22.0. The Morgan fingerprint density at radius 1 is 1.19 bits per heavy atom. The second-order valence-corrected chi connectivity index (χ2v) is 7.15. The van der Waals surface area contributed by atoms with E-state index in [-0.39, 0.29) is 17.7 Å². The lowest BCUT2D eigenvalue weighted by molar-refractivity contribution is 0.415. The van der Waals surface area contributed by atoms with Crippen LogP contribution in [0.5, 0.6) is 5.75 Å². The minimum Gasteiger partial charge on any atom is -0.497 e. The fourth-order valence-corrected chi connectivity index (χ4v) is 3.32. The number of aromatic nitrogens is 4. The number of halogens is 1. The molecular weight excluding hydrogens is 420 g/mol. The highest BCUT2D eigenvalue weighted by atomic mass is 35.5. The Labute approximate surface area is 181 Å². The maximum absolute atomic E-state index is 12.6. The van der Waals surface area contributed by atoms with Gasteiger partial charge in [-0.3, -0.25) is 18.9 Å². The summed E-state index contributed by atoms with van der Waals surface area (Å²) in [6, 6.07) is 14.7. The smallest absolute Gasteiger partial charge is 0.329 e. The Balaban J connectivity index is 1.76. The summed E-state index contributed by atoms with van der Waals surface area (Å²) >= 11 is 6.31. The van der Waals surface area contributed by atoms with Crippen molar-refractivity contribution in [3.8, 4) is 5.75 Å². The number of fused-ring (bicyclic) bond motifs is 1. The van der Waals surface area contributed by atoms with Gasteiger partial charge in [-0.2, -0.15) is 10.1 Å². The maximum atomic E-state index is 12.6. The van der Waals surface area contributed by atoms with Crippen LogP contribution in [0.25, 0.3) is 11.2 Å². The van der Waals surface area contributed by atoms with E-state index in [0.29, 0.717) is 11.0 Å². The lowest BCUT2D eigenvalue weighted by Crippen LogP contribution is -2.29. The number of nitrogens with one attached hydrogen (secondary N) is 2. The molecule has 2 heterocycles. The third kappa shape index (κ3) is 4.08. The van der Waals surface area contributed by atoms with Crippen molar-refractivity contribution in [2.45, 2.75) is 6.54 Å². The zero-order valence-corrected chi connectivity index (χ0v) is 17.6. The quantitative estimate of drug-likeness (QED) is 0.355. The number of aromatic amines is 1. The van der Waals surface area contributed by atoms with Crippen LogP contribution in [0.3, 0.4) is 0 Å². The van der Waals surface area contributed by atoms with Crippen molar-refractivity contribution in [2.75, 3.05) is 12.5 Å². The molecule has 0 amide bonds. The molecule has 0 saturated carbocycles. The van der Waals surface area contributed by atoms with Crippen molar-refractivity contribution in [3.05, 3.63) is 85.5 Å². The first-order valence-electron chi connectivity index (χ1n) is 9.34. The first-order valence-corrected chi connectivity index (χ1v) is 9.72. The number of hydrazone groups is 1. The van der Waals surface area contributed by atoms with E-state index in [1.54, 1.807) is 24.0 Å². The topological polar surface area (TPSA) is 106 Å². The first kappa shape index (κ1) is 20.4. The van der Waals surface area contributed by atoms with Gasteiger partial charge in [-0.1, -0.05) is 29.8 Å². The summed E-state index contributed by atoms with van der Waals surface area (Å²) in [7, 11) is 3.14. The third-order valence-corrected chi connectivity index (χ3v) is 5.16. The van der Waals surface area contributed by atoms with Crippen LogP contribution in [0.1, 0.15) is 11.1 Å². The van der Waals surface area contributed by atoms with E-state index in [1.807, 2.05) is 42.5 Å². The average Bonchev–Trinajstić information content (AvgIpc) is 3.13. The molecule has 0 bridgehead atoms. The van der Waals surface area contributed by atoms with Gasteiger partial charge in [-0.15, -0.1) is 0 Å². The first-order chi connectivity index (χ1) is 15.0. The van der Waals surface area contributed by atoms with E-state index in [4.69, 9.17) is 16.3 Å². The molecule has 0 radical (unpaired) electrons. The van der Waals surface area contributed by atoms with Gasteiger partial charge in [0, 0.05) is 12.1 Å². The molecule has 10 heteroatoms. The van der Waals surface area contributed by atoms with Gasteiger partial charge >= 0.3 is 5.69 Å². The third-order valence-electron chi connectivity index (χ3n) is 4.79. The molecule has 158 valence electrons. The van der Waals surface area contributed by atoms with Crippen molar-refractivity contribution in [3.63, 3.8) is 0 Å². The van der Waals surface area contributed by atoms with Crippen molar-refractivity contribution in [1.82, 2.24) is 19.1 Å². The van der Waals surface area contributed by atoms with E-state index >= 15 is 0 Å². The van der Waals surface area contributed by atoms with E-state index in [9.17, 15) is 9.59 Å². The summed E-state index contributed by atoms with van der Waals surface area (Å²) in [4.78, 5) is 31.3. The summed E-state index contributed by atoms with van der Waals surface area (Å²) in [5, 5.41) is 4.79. The van der Waals surface area contributed by atoms with Crippen LogP contribution in [-0.2, 0) is 13.6 Å². The van der Waals surface area contributed by atoms with Gasteiger partial charge in [0.2, 0.25) is 5.95 Å². The monoisotopic (exact) mass is 438 g/mol. The van der Waals surface area contributed by atoms with Crippen LogP contribution in [0, 0.1) is 0 Å². The number of methoxy groups -OCH3 is 1. The van der Waals surface area contributed by atoms with Crippen molar-refractivity contribution in [1.29, 1.82) is 0 Å². The maximum Gasteiger partial charge on any atom is 0.329 e. The van der Waals surface area contributed by atoms with E-state index in [2.05, 4.69) is 20.5 Å². The predicted octanol–water partition coefficient (Wildman–Crippen LogP) is 2.58. The summed E-state index contributed by atoms with van der Waals surface area (Å²) in [6.45, 7) is 0.262. The lowest BCUT2D eigenvalue weighted by Gasteiger charge is -2.09. The molecule has 2 N–H and O–H groups in total. The number of benzene rings is 2. The van der Waals surface area contributed by atoms with Crippen LogP contribution < -0.4 is 21.4 Å². The van der Waals surface area contributed by atoms with Gasteiger partial charge in [0.15, 0.2) is 11.2 Å². The molecule has 2 aromatic carbocycles. The van der Waals surface area contributed by atoms with Gasteiger partial charge in [-0.25, -0.2) is 10.2 Å². The van der Waals surface area contributed by atoms with Crippen molar-refractivity contribution < 1.29 is 4.74 Å². The Kier molecular flexibility index (Phi) is 5.59. The standard InChI is InChI=1S/C21H19ClN6O3/c1-27-18-17(19(29)25-21(27)30)28(12-14-5-3-4-6-16(14)22)20(24-18)26-23-11-13-7-9-15(31-2)10-8-13/h3-11H,12H2,1-2H3,(H,24,26)(H,25,29,30). The number of nitrogens with zero attached hydrogens (tertiary/aromatic N) is 4. The number of hydrogen-bond acceptors (Lipinski definition) is 6. The highest BCUT2D eigenvalue weighted by molar-refractivity contribution is 6.31. The number of imidazole rings is 1. The normalized spacial score (nSPS) is 11.3. The van der Waals surface area contributed by atoms with Gasteiger partial charge in [0.25, 0.3) is 5.56 Å². The van der Waals surface area contributed by atoms with Crippen LogP contribution in [0.4, 0.5) is 5.95 Å². The molecule has 0 aliphatic carbocycles. The number of aryl methyl sites for hydroxylation is 1. The summed E-state index contributed by atoms with van der Waals surface area (Å²) in [5.74, 6) is 1.04. The molecule has 0 saturated heterocycles.